The number of carbonyl (C=O) groups excluding carboxylic acids is 1. The molecule has 2 heterocycles. The molecule has 2 atom stereocenters. The second-order valence-corrected chi connectivity index (χ2v) is 7.03. The first-order chi connectivity index (χ1) is 9.06. The van der Waals surface area contributed by atoms with Gasteiger partial charge < -0.3 is 10.6 Å². The van der Waals surface area contributed by atoms with Gasteiger partial charge in [-0.15, -0.1) is 0 Å². The molecule has 2 fully saturated rings. The third kappa shape index (κ3) is 2.50. The van der Waals surface area contributed by atoms with Crippen molar-refractivity contribution < 1.29 is 4.79 Å². The molecule has 5 heteroatoms. The Morgan fingerprint density at radius 2 is 1.95 bits per heavy atom. The number of hydrogen-bond donors (Lipinski definition) is 1. The molecule has 2 saturated heterocycles. The van der Waals surface area contributed by atoms with Crippen LogP contribution in [0.2, 0.25) is 5.02 Å². The Hall–Kier alpha value is -0.330. The fourth-order valence-corrected chi connectivity index (χ4v) is 3.84. The molecular weight excluding hydrogens is 375 g/mol. The monoisotopic (exact) mass is 390 g/mol. The van der Waals surface area contributed by atoms with Gasteiger partial charge in [0.15, 0.2) is 0 Å². The fourth-order valence-electron chi connectivity index (χ4n) is 3.33. The predicted octanol–water partition coefficient (Wildman–Crippen LogP) is 3.04. The van der Waals surface area contributed by atoms with Crippen molar-refractivity contribution in [2.24, 2.45) is 5.73 Å². The number of benzene rings is 1. The van der Waals surface area contributed by atoms with Crippen molar-refractivity contribution in [3.8, 4) is 0 Å². The summed E-state index contributed by atoms with van der Waals surface area (Å²) in [5.74, 6) is 0.109. The molecule has 2 bridgehead atoms. The SMILES string of the molecule is NC1CC2CCC(C1)N2C(=O)c1ccc(I)c(Cl)c1. The van der Waals surface area contributed by atoms with Crippen molar-refractivity contribution in [3.05, 3.63) is 32.4 Å². The Bertz CT molecular complexity index is 508. The summed E-state index contributed by atoms with van der Waals surface area (Å²) in [7, 11) is 0. The van der Waals surface area contributed by atoms with Crippen molar-refractivity contribution in [3.63, 3.8) is 0 Å². The van der Waals surface area contributed by atoms with Crippen LogP contribution >= 0.6 is 34.2 Å². The van der Waals surface area contributed by atoms with Gasteiger partial charge in [0.05, 0.1) is 5.02 Å². The smallest absolute Gasteiger partial charge is 0.254 e. The molecular formula is C14H16ClIN2O. The maximum Gasteiger partial charge on any atom is 0.254 e. The van der Waals surface area contributed by atoms with E-state index in [9.17, 15) is 4.79 Å². The maximum atomic E-state index is 12.7. The highest BCUT2D eigenvalue weighted by Crippen LogP contribution is 2.36. The van der Waals surface area contributed by atoms with Crippen LogP contribution in [0.1, 0.15) is 36.0 Å². The van der Waals surface area contributed by atoms with E-state index in [0.29, 0.717) is 22.7 Å². The molecule has 3 nitrogen and oxygen atoms in total. The van der Waals surface area contributed by atoms with Crippen LogP contribution in [0.15, 0.2) is 18.2 Å². The zero-order chi connectivity index (χ0) is 13.6. The molecule has 19 heavy (non-hydrogen) atoms. The van der Waals surface area contributed by atoms with Gasteiger partial charge in [0.25, 0.3) is 5.91 Å². The van der Waals surface area contributed by atoms with Gasteiger partial charge in [-0.2, -0.15) is 0 Å². The molecule has 1 aromatic rings. The molecule has 0 aromatic heterocycles. The summed E-state index contributed by atoms with van der Waals surface area (Å²) in [6.07, 6.45) is 4.03. The minimum Gasteiger partial charge on any atom is -0.333 e. The van der Waals surface area contributed by atoms with Crippen LogP contribution in [-0.4, -0.2) is 28.9 Å². The van der Waals surface area contributed by atoms with Gasteiger partial charge in [0, 0.05) is 27.3 Å². The van der Waals surface area contributed by atoms with Gasteiger partial charge in [-0.3, -0.25) is 4.79 Å². The third-order valence-electron chi connectivity index (χ3n) is 4.17. The summed E-state index contributed by atoms with van der Waals surface area (Å²) < 4.78 is 0.972. The number of hydrogen-bond acceptors (Lipinski definition) is 2. The number of amides is 1. The van der Waals surface area contributed by atoms with Gasteiger partial charge in [-0.05, 0) is 66.5 Å². The van der Waals surface area contributed by atoms with Crippen LogP contribution in [0.25, 0.3) is 0 Å². The quantitative estimate of drug-likeness (QED) is 0.749. The van der Waals surface area contributed by atoms with Crippen LogP contribution in [-0.2, 0) is 0 Å². The summed E-state index contributed by atoms with van der Waals surface area (Å²) in [6, 6.07) is 6.43. The van der Waals surface area contributed by atoms with E-state index in [4.69, 9.17) is 17.3 Å². The minimum atomic E-state index is 0.109. The van der Waals surface area contributed by atoms with Gasteiger partial charge in [-0.25, -0.2) is 0 Å². The maximum absolute atomic E-state index is 12.7. The largest absolute Gasteiger partial charge is 0.333 e. The van der Waals surface area contributed by atoms with Crippen LogP contribution < -0.4 is 5.73 Å². The highest BCUT2D eigenvalue weighted by Gasteiger charge is 2.42. The molecule has 1 aromatic carbocycles. The van der Waals surface area contributed by atoms with Crippen LogP contribution in [0.4, 0.5) is 0 Å². The number of carbonyl (C=O) groups is 1. The second-order valence-electron chi connectivity index (χ2n) is 5.46. The molecule has 2 unspecified atom stereocenters. The van der Waals surface area contributed by atoms with Gasteiger partial charge >= 0.3 is 0 Å². The summed E-state index contributed by atoms with van der Waals surface area (Å²) >= 11 is 8.28. The number of nitrogens with two attached hydrogens (primary N) is 1. The van der Waals surface area contributed by atoms with Crippen LogP contribution in [0.5, 0.6) is 0 Å². The average Bonchev–Trinajstić information content (AvgIpc) is 2.64. The zero-order valence-corrected chi connectivity index (χ0v) is 13.4. The number of piperidine rings is 1. The second kappa shape index (κ2) is 5.22. The van der Waals surface area contributed by atoms with E-state index in [0.717, 1.165) is 29.3 Å². The highest BCUT2D eigenvalue weighted by atomic mass is 127. The Balaban J connectivity index is 1.86. The first-order valence-corrected chi connectivity index (χ1v) is 8.05. The van der Waals surface area contributed by atoms with Crippen molar-refractivity contribution >= 4 is 40.1 Å². The van der Waals surface area contributed by atoms with E-state index in [1.807, 2.05) is 17.0 Å². The van der Waals surface area contributed by atoms with E-state index in [2.05, 4.69) is 22.6 Å². The lowest BCUT2D eigenvalue weighted by atomic mass is 9.97. The van der Waals surface area contributed by atoms with Crippen molar-refractivity contribution in [2.45, 2.75) is 43.8 Å². The Labute approximate surface area is 131 Å². The highest BCUT2D eigenvalue weighted by molar-refractivity contribution is 14.1. The molecule has 2 aliphatic heterocycles. The van der Waals surface area contributed by atoms with Crippen LogP contribution in [0.3, 0.4) is 0 Å². The first-order valence-electron chi connectivity index (χ1n) is 6.59. The van der Waals surface area contributed by atoms with Gasteiger partial charge in [0.1, 0.15) is 0 Å². The van der Waals surface area contributed by atoms with Crippen molar-refractivity contribution in [1.82, 2.24) is 4.90 Å². The number of nitrogens with zero attached hydrogens (tertiary/aromatic N) is 1. The van der Waals surface area contributed by atoms with E-state index in [1.54, 1.807) is 6.07 Å². The summed E-state index contributed by atoms with van der Waals surface area (Å²) in [5, 5.41) is 0.646. The van der Waals surface area contributed by atoms with E-state index >= 15 is 0 Å². The molecule has 0 saturated carbocycles. The zero-order valence-electron chi connectivity index (χ0n) is 10.5. The molecule has 3 rings (SSSR count). The Morgan fingerprint density at radius 3 is 2.53 bits per heavy atom. The van der Waals surface area contributed by atoms with Gasteiger partial charge in [0.2, 0.25) is 0 Å². The number of fused-ring (bicyclic) bond motifs is 2. The van der Waals surface area contributed by atoms with E-state index < -0.39 is 0 Å². The topological polar surface area (TPSA) is 46.3 Å². The molecule has 0 spiro atoms. The molecule has 0 aliphatic carbocycles. The van der Waals surface area contributed by atoms with Crippen molar-refractivity contribution in [2.75, 3.05) is 0 Å². The third-order valence-corrected chi connectivity index (χ3v) is 5.74. The van der Waals surface area contributed by atoms with E-state index in [1.165, 1.54) is 0 Å². The summed E-state index contributed by atoms with van der Waals surface area (Å²) in [5.41, 5.74) is 6.73. The van der Waals surface area contributed by atoms with Crippen molar-refractivity contribution in [1.29, 1.82) is 0 Å². The average molecular weight is 391 g/mol. The molecule has 0 radical (unpaired) electrons. The molecule has 102 valence electrons. The summed E-state index contributed by atoms with van der Waals surface area (Å²) in [6.45, 7) is 0. The molecule has 1 amide bonds. The Morgan fingerprint density at radius 1 is 1.32 bits per heavy atom. The lowest BCUT2D eigenvalue weighted by Crippen LogP contribution is -2.50. The summed E-state index contributed by atoms with van der Waals surface area (Å²) in [4.78, 5) is 14.7. The Kier molecular flexibility index (Phi) is 3.75. The first kappa shape index (κ1) is 13.6. The lowest BCUT2D eigenvalue weighted by molar-refractivity contribution is 0.0575. The normalized spacial score (nSPS) is 29.6. The fraction of sp³-hybridized carbons (Fsp3) is 0.500. The van der Waals surface area contributed by atoms with E-state index in [-0.39, 0.29) is 11.9 Å². The predicted molar refractivity (Wildman–Crippen MR) is 84.4 cm³/mol. The molecule has 2 aliphatic rings. The standard InChI is InChI=1S/C14H16ClIN2O/c15-12-5-8(1-4-13(12)16)14(19)18-10-2-3-11(18)7-9(17)6-10/h1,4-5,9-11H,2-3,6-7,17H2. The van der Waals surface area contributed by atoms with Gasteiger partial charge in [-0.1, -0.05) is 11.6 Å². The number of rotatable bonds is 1. The van der Waals surface area contributed by atoms with Crippen LogP contribution in [0, 0.1) is 3.57 Å². The minimum absolute atomic E-state index is 0.109. The number of halogens is 2. The molecule has 2 N–H and O–H groups in total. The lowest BCUT2D eigenvalue weighted by Gasteiger charge is -2.37.